The van der Waals surface area contributed by atoms with Crippen molar-refractivity contribution >= 4 is 27.7 Å². The van der Waals surface area contributed by atoms with E-state index in [2.05, 4.69) is 57.2 Å². The first kappa shape index (κ1) is 15.5. The molecular weight excluding hydrogens is 334 g/mol. The average molecular weight is 352 g/mol. The number of aromatic nitrogens is 2. The SMILES string of the molecule is CC(C)NCc1ccnc(CSc2ccc(Br)cc2)n1. The molecule has 1 aromatic carbocycles. The Hall–Kier alpha value is -0.910. The Kier molecular flexibility index (Phi) is 6.01. The summed E-state index contributed by atoms with van der Waals surface area (Å²) in [5.74, 6) is 1.66. The molecule has 2 aromatic rings. The van der Waals surface area contributed by atoms with Crippen molar-refractivity contribution in [2.24, 2.45) is 0 Å². The van der Waals surface area contributed by atoms with Crippen LogP contribution in [0.15, 0.2) is 45.9 Å². The summed E-state index contributed by atoms with van der Waals surface area (Å²) >= 11 is 5.19. The average Bonchev–Trinajstić information content (AvgIpc) is 2.45. The van der Waals surface area contributed by atoms with E-state index < -0.39 is 0 Å². The molecule has 2 rings (SSSR count). The molecule has 0 amide bonds. The van der Waals surface area contributed by atoms with Gasteiger partial charge in [0, 0.05) is 28.2 Å². The Morgan fingerprint density at radius 1 is 1.20 bits per heavy atom. The Balaban J connectivity index is 1.92. The molecule has 1 N–H and O–H groups in total. The maximum absolute atomic E-state index is 4.57. The Morgan fingerprint density at radius 3 is 2.65 bits per heavy atom. The van der Waals surface area contributed by atoms with Gasteiger partial charge < -0.3 is 5.32 Å². The number of nitrogens with zero attached hydrogens (tertiary/aromatic N) is 2. The van der Waals surface area contributed by atoms with Crippen LogP contribution in [0.2, 0.25) is 0 Å². The van der Waals surface area contributed by atoms with Crippen LogP contribution < -0.4 is 5.32 Å². The van der Waals surface area contributed by atoms with E-state index in [-0.39, 0.29) is 0 Å². The van der Waals surface area contributed by atoms with Crippen molar-refractivity contribution in [2.45, 2.75) is 37.1 Å². The van der Waals surface area contributed by atoms with Gasteiger partial charge in [-0.05, 0) is 30.3 Å². The second-order valence-corrected chi connectivity index (χ2v) is 6.71. The maximum Gasteiger partial charge on any atom is 0.138 e. The van der Waals surface area contributed by atoms with Gasteiger partial charge in [0.05, 0.1) is 11.4 Å². The Morgan fingerprint density at radius 2 is 1.95 bits per heavy atom. The summed E-state index contributed by atoms with van der Waals surface area (Å²) in [5, 5.41) is 3.37. The summed E-state index contributed by atoms with van der Waals surface area (Å²) < 4.78 is 1.10. The van der Waals surface area contributed by atoms with Crippen LogP contribution in [0.5, 0.6) is 0 Å². The molecular formula is C15H18BrN3S. The summed E-state index contributed by atoms with van der Waals surface area (Å²) in [5.41, 5.74) is 1.04. The smallest absolute Gasteiger partial charge is 0.138 e. The van der Waals surface area contributed by atoms with Gasteiger partial charge in [0.2, 0.25) is 0 Å². The molecule has 0 bridgehead atoms. The normalized spacial score (nSPS) is 11.0. The van der Waals surface area contributed by atoms with Gasteiger partial charge in [-0.15, -0.1) is 11.8 Å². The van der Waals surface area contributed by atoms with Gasteiger partial charge in [0.1, 0.15) is 5.82 Å². The first-order valence-corrected chi connectivity index (χ1v) is 8.34. The lowest BCUT2D eigenvalue weighted by molar-refractivity contribution is 0.579. The summed E-state index contributed by atoms with van der Waals surface area (Å²) in [6, 6.07) is 10.7. The number of hydrogen-bond acceptors (Lipinski definition) is 4. The third kappa shape index (κ3) is 5.23. The monoisotopic (exact) mass is 351 g/mol. The fourth-order valence-corrected chi connectivity index (χ4v) is 2.62. The molecule has 0 unspecified atom stereocenters. The van der Waals surface area contributed by atoms with Crippen LogP contribution in [-0.2, 0) is 12.3 Å². The molecule has 3 nitrogen and oxygen atoms in total. The molecule has 0 aliphatic carbocycles. The van der Waals surface area contributed by atoms with Crippen molar-refractivity contribution in [3.05, 3.63) is 52.5 Å². The Labute approximate surface area is 132 Å². The molecule has 0 fully saturated rings. The zero-order valence-electron chi connectivity index (χ0n) is 11.6. The maximum atomic E-state index is 4.57. The van der Waals surface area contributed by atoms with Gasteiger partial charge >= 0.3 is 0 Å². The predicted octanol–water partition coefficient (Wildman–Crippen LogP) is 4.03. The van der Waals surface area contributed by atoms with E-state index in [4.69, 9.17) is 0 Å². The van der Waals surface area contributed by atoms with E-state index in [0.29, 0.717) is 6.04 Å². The minimum Gasteiger partial charge on any atom is -0.309 e. The molecule has 20 heavy (non-hydrogen) atoms. The number of nitrogens with one attached hydrogen (secondary N) is 1. The van der Waals surface area contributed by atoms with E-state index in [1.807, 2.05) is 24.4 Å². The molecule has 0 spiro atoms. The lowest BCUT2D eigenvalue weighted by Gasteiger charge is -2.08. The first-order chi connectivity index (χ1) is 9.63. The predicted molar refractivity (Wildman–Crippen MR) is 87.7 cm³/mol. The quantitative estimate of drug-likeness (QED) is 0.797. The number of hydrogen-bond donors (Lipinski definition) is 1. The molecule has 0 saturated heterocycles. The van der Waals surface area contributed by atoms with Crippen LogP contribution in [0.4, 0.5) is 0 Å². The minimum absolute atomic E-state index is 0.463. The highest BCUT2D eigenvalue weighted by atomic mass is 79.9. The number of rotatable bonds is 6. The minimum atomic E-state index is 0.463. The van der Waals surface area contributed by atoms with Crippen LogP contribution in [-0.4, -0.2) is 16.0 Å². The van der Waals surface area contributed by atoms with E-state index in [1.165, 1.54) is 4.90 Å². The highest BCUT2D eigenvalue weighted by molar-refractivity contribution is 9.10. The third-order valence-electron chi connectivity index (χ3n) is 2.64. The molecule has 5 heteroatoms. The highest BCUT2D eigenvalue weighted by Crippen LogP contribution is 2.23. The molecule has 0 atom stereocenters. The van der Waals surface area contributed by atoms with Crippen molar-refractivity contribution in [3.63, 3.8) is 0 Å². The summed E-state index contributed by atoms with van der Waals surface area (Å²) in [6.07, 6.45) is 1.84. The van der Waals surface area contributed by atoms with Crippen molar-refractivity contribution < 1.29 is 0 Å². The van der Waals surface area contributed by atoms with E-state index in [0.717, 1.165) is 28.3 Å². The standard InChI is InChI=1S/C15H18BrN3S/c1-11(2)18-9-13-7-8-17-15(19-13)10-20-14-5-3-12(16)4-6-14/h3-8,11,18H,9-10H2,1-2H3. The second-order valence-electron chi connectivity index (χ2n) is 4.74. The van der Waals surface area contributed by atoms with Crippen molar-refractivity contribution in [2.75, 3.05) is 0 Å². The zero-order valence-corrected chi connectivity index (χ0v) is 14.0. The number of benzene rings is 1. The van der Waals surface area contributed by atoms with Crippen LogP contribution in [0.25, 0.3) is 0 Å². The van der Waals surface area contributed by atoms with Gasteiger partial charge in [-0.25, -0.2) is 9.97 Å². The second kappa shape index (κ2) is 7.76. The van der Waals surface area contributed by atoms with Gasteiger partial charge in [0.15, 0.2) is 0 Å². The van der Waals surface area contributed by atoms with Crippen molar-refractivity contribution in [3.8, 4) is 0 Å². The lowest BCUT2D eigenvalue weighted by atomic mass is 10.3. The fourth-order valence-electron chi connectivity index (χ4n) is 1.60. The van der Waals surface area contributed by atoms with Gasteiger partial charge in [0.25, 0.3) is 0 Å². The zero-order chi connectivity index (χ0) is 14.4. The highest BCUT2D eigenvalue weighted by Gasteiger charge is 2.02. The van der Waals surface area contributed by atoms with Crippen molar-refractivity contribution in [1.29, 1.82) is 0 Å². The lowest BCUT2D eigenvalue weighted by Crippen LogP contribution is -2.22. The van der Waals surface area contributed by atoms with Crippen LogP contribution in [0, 0.1) is 0 Å². The largest absolute Gasteiger partial charge is 0.309 e. The van der Waals surface area contributed by atoms with Crippen LogP contribution in [0.3, 0.4) is 0 Å². The molecule has 106 valence electrons. The van der Waals surface area contributed by atoms with E-state index in [9.17, 15) is 0 Å². The summed E-state index contributed by atoms with van der Waals surface area (Å²) in [7, 11) is 0. The van der Waals surface area contributed by atoms with Crippen LogP contribution in [0.1, 0.15) is 25.4 Å². The molecule has 0 radical (unpaired) electrons. The third-order valence-corrected chi connectivity index (χ3v) is 4.17. The summed E-state index contributed by atoms with van der Waals surface area (Å²) in [6.45, 7) is 5.05. The van der Waals surface area contributed by atoms with Crippen molar-refractivity contribution in [1.82, 2.24) is 15.3 Å². The van der Waals surface area contributed by atoms with Gasteiger partial charge in [-0.1, -0.05) is 29.8 Å². The van der Waals surface area contributed by atoms with E-state index in [1.54, 1.807) is 11.8 Å². The van der Waals surface area contributed by atoms with E-state index >= 15 is 0 Å². The number of halogens is 1. The molecule has 1 heterocycles. The topological polar surface area (TPSA) is 37.8 Å². The van der Waals surface area contributed by atoms with Gasteiger partial charge in [-0.3, -0.25) is 0 Å². The number of thioether (sulfide) groups is 1. The molecule has 1 aromatic heterocycles. The molecule has 0 aliphatic rings. The molecule has 0 aliphatic heterocycles. The summed E-state index contributed by atoms with van der Waals surface area (Å²) in [4.78, 5) is 10.1. The first-order valence-electron chi connectivity index (χ1n) is 6.56. The fraction of sp³-hybridized carbons (Fsp3) is 0.333. The van der Waals surface area contributed by atoms with Gasteiger partial charge in [-0.2, -0.15) is 0 Å². The Bertz CT molecular complexity index is 543. The van der Waals surface area contributed by atoms with Crippen LogP contribution >= 0.6 is 27.7 Å². The molecule has 0 saturated carbocycles.